The summed E-state index contributed by atoms with van der Waals surface area (Å²) in [6, 6.07) is 16.4. The van der Waals surface area contributed by atoms with Gasteiger partial charge in [0.05, 0.1) is 12.8 Å². The minimum absolute atomic E-state index is 0.112. The van der Waals surface area contributed by atoms with Gasteiger partial charge in [0.15, 0.2) is 11.5 Å². The van der Waals surface area contributed by atoms with Gasteiger partial charge in [-0.2, -0.15) is 0 Å². The first-order valence-electron chi connectivity index (χ1n) is 15.0. The van der Waals surface area contributed by atoms with Crippen molar-refractivity contribution in [2.75, 3.05) is 12.0 Å². The Labute approximate surface area is 263 Å². The predicted octanol–water partition coefficient (Wildman–Crippen LogP) is 7.31. The number of halogens is 2. The van der Waals surface area contributed by atoms with Crippen molar-refractivity contribution in [3.05, 3.63) is 93.2 Å². The maximum atomic E-state index is 13.7. The maximum Gasteiger partial charge on any atom is 0.335 e. The number of nitrogens with zero attached hydrogens (tertiary/aromatic N) is 1. The van der Waals surface area contributed by atoms with E-state index >= 15 is 0 Å². The number of amides is 4. The lowest BCUT2D eigenvalue weighted by Gasteiger charge is -2.57. The van der Waals surface area contributed by atoms with E-state index in [-0.39, 0.29) is 23.4 Å². The van der Waals surface area contributed by atoms with E-state index in [1.165, 1.54) is 69.4 Å². The number of imide groups is 2. The summed E-state index contributed by atoms with van der Waals surface area (Å²) in [6.45, 7) is 0.112. The van der Waals surface area contributed by atoms with Gasteiger partial charge >= 0.3 is 6.03 Å². The Bertz CT molecular complexity index is 1670. The molecule has 7 nitrogen and oxygen atoms in total. The van der Waals surface area contributed by atoms with Crippen LogP contribution in [-0.4, -0.2) is 25.0 Å². The molecule has 8 rings (SSSR count). The van der Waals surface area contributed by atoms with Crippen LogP contribution in [0.4, 0.5) is 14.9 Å². The molecule has 3 aromatic carbocycles. The van der Waals surface area contributed by atoms with Crippen LogP contribution in [0, 0.1) is 23.6 Å². The second-order valence-corrected chi connectivity index (χ2v) is 13.5. The molecule has 4 bridgehead atoms. The minimum Gasteiger partial charge on any atom is -0.493 e. The molecule has 0 radical (unpaired) electrons. The van der Waals surface area contributed by atoms with E-state index < -0.39 is 17.8 Å². The van der Waals surface area contributed by atoms with Gasteiger partial charge in [-0.1, -0.05) is 40.2 Å². The highest BCUT2D eigenvalue weighted by Gasteiger charge is 2.51. The molecule has 1 saturated heterocycles. The van der Waals surface area contributed by atoms with Crippen LogP contribution in [0.2, 0.25) is 0 Å². The molecule has 4 aliphatic carbocycles. The van der Waals surface area contributed by atoms with E-state index in [1.807, 2.05) is 12.1 Å². The number of carbonyl (C=O) groups excluding carboxylic acids is 3. The Morgan fingerprint density at radius 1 is 0.955 bits per heavy atom. The molecule has 0 unspecified atom stereocenters. The van der Waals surface area contributed by atoms with Crippen molar-refractivity contribution in [3.8, 4) is 11.5 Å². The van der Waals surface area contributed by atoms with E-state index in [4.69, 9.17) is 9.47 Å². The van der Waals surface area contributed by atoms with Crippen LogP contribution in [0.25, 0.3) is 6.08 Å². The summed E-state index contributed by atoms with van der Waals surface area (Å²) in [7, 11) is 1.47. The highest BCUT2D eigenvalue weighted by atomic mass is 79.9. The Morgan fingerprint density at radius 3 is 2.27 bits per heavy atom. The third-order valence-electron chi connectivity index (χ3n) is 9.74. The molecule has 1 N–H and O–H groups in total. The molecule has 44 heavy (non-hydrogen) atoms. The van der Waals surface area contributed by atoms with Gasteiger partial charge in [0.25, 0.3) is 11.8 Å². The van der Waals surface area contributed by atoms with Crippen molar-refractivity contribution in [2.24, 2.45) is 17.8 Å². The second kappa shape index (κ2) is 11.2. The quantitative estimate of drug-likeness (QED) is 0.213. The van der Waals surface area contributed by atoms with Crippen LogP contribution in [0.1, 0.15) is 55.2 Å². The Morgan fingerprint density at radius 2 is 1.64 bits per heavy atom. The number of rotatable bonds is 7. The summed E-state index contributed by atoms with van der Waals surface area (Å²) in [5.41, 5.74) is 2.83. The monoisotopic (exact) mass is 658 g/mol. The van der Waals surface area contributed by atoms with E-state index in [1.54, 1.807) is 24.3 Å². The fourth-order valence-electron chi connectivity index (χ4n) is 8.20. The molecular weight excluding hydrogens is 627 g/mol. The van der Waals surface area contributed by atoms with Crippen LogP contribution >= 0.6 is 15.9 Å². The van der Waals surface area contributed by atoms with Crippen molar-refractivity contribution in [1.29, 1.82) is 0 Å². The first-order valence-corrected chi connectivity index (χ1v) is 15.8. The van der Waals surface area contributed by atoms with Crippen molar-refractivity contribution in [2.45, 2.75) is 50.5 Å². The lowest BCUT2D eigenvalue weighted by molar-refractivity contribution is -0.122. The SMILES string of the molecule is COc1cc(/C=C2\C(=O)NC(=O)N(c3ccc(C45CC6CC(CC(C6)C4)C5)cc3)C2=O)c(Br)cc1OCc1cccc(F)c1. The molecule has 4 amide bonds. The molecule has 1 aliphatic heterocycles. The summed E-state index contributed by atoms with van der Waals surface area (Å²) < 4.78 is 25.5. The standard InChI is InChI=1S/C35H32BrFN2O5/c1-43-30-14-24(29(36)15-31(30)44-19-20-3-2-4-26(37)12-20)13-28-32(40)38-34(42)39(33(28)41)27-7-5-25(6-8-27)35-16-21-9-22(17-35)11-23(10-21)18-35/h2-8,12-15,21-23H,9-11,16-19H2,1H3,(H,38,40,42)/b28-13+. The minimum atomic E-state index is -0.780. The van der Waals surface area contributed by atoms with Gasteiger partial charge in [-0.25, -0.2) is 14.1 Å². The average molecular weight is 660 g/mol. The summed E-state index contributed by atoms with van der Waals surface area (Å²) in [6.07, 6.45) is 9.14. The summed E-state index contributed by atoms with van der Waals surface area (Å²) >= 11 is 3.50. The largest absolute Gasteiger partial charge is 0.493 e. The molecule has 9 heteroatoms. The highest BCUT2D eigenvalue weighted by molar-refractivity contribution is 9.10. The predicted molar refractivity (Wildman–Crippen MR) is 167 cm³/mol. The van der Waals surface area contributed by atoms with Gasteiger partial charge in [0.2, 0.25) is 0 Å². The number of methoxy groups -OCH3 is 1. The summed E-state index contributed by atoms with van der Waals surface area (Å²) in [5, 5.41) is 2.31. The van der Waals surface area contributed by atoms with E-state index in [9.17, 15) is 18.8 Å². The number of urea groups is 1. The van der Waals surface area contributed by atoms with E-state index in [2.05, 4.69) is 33.4 Å². The topological polar surface area (TPSA) is 84.9 Å². The average Bonchev–Trinajstić information content (AvgIpc) is 2.98. The zero-order valence-electron chi connectivity index (χ0n) is 24.3. The second-order valence-electron chi connectivity index (χ2n) is 12.6. The number of benzene rings is 3. The first kappa shape index (κ1) is 28.8. The highest BCUT2D eigenvalue weighted by Crippen LogP contribution is 2.60. The van der Waals surface area contributed by atoms with Crippen LogP contribution in [0.5, 0.6) is 11.5 Å². The zero-order chi connectivity index (χ0) is 30.6. The normalized spacial score (nSPS) is 26.7. The van der Waals surface area contributed by atoms with Crippen molar-refractivity contribution in [1.82, 2.24) is 5.32 Å². The van der Waals surface area contributed by atoms with Crippen LogP contribution < -0.4 is 19.7 Å². The molecule has 1 heterocycles. The smallest absolute Gasteiger partial charge is 0.335 e. The van der Waals surface area contributed by atoms with Crippen LogP contribution in [0.3, 0.4) is 0 Å². The molecule has 0 aromatic heterocycles. The Hall–Kier alpha value is -3.98. The lowest BCUT2D eigenvalue weighted by atomic mass is 9.48. The van der Waals surface area contributed by atoms with Gasteiger partial charge in [-0.05, 0) is 121 Å². The molecule has 3 aromatic rings. The fraction of sp³-hybridized carbons (Fsp3) is 0.343. The number of anilines is 1. The Kier molecular flexibility index (Phi) is 7.31. The van der Waals surface area contributed by atoms with Gasteiger partial charge < -0.3 is 9.47 Å². The molecular formula is C35H32BrFN2O5. The Balaban J connectivity index is 1.13. The first-order chi connectivity index (χ1) is 21.2. The fourth-order valence-corrected chi connectivity index (χ4v) is 8.63. The van der Waals surface area contributed by atoms with Crippen molar-refractivity contribution < 1.29 is 28.2 Å². The number of nitrogens with one attached hydrogen (secondary N) is 1. The molecule has 0 spiro atoms. The van der Waals surface area contributed by atoms with Crippen molar-refractivity contribution >= 4 is 45.5 Å². The van der Waals surface area contributed by atoms with Crippen molar-refractivity contribution in [3.63, 3.8) is 0 Å². The number of barbiturate groups is 1. The number of hydrogen-bond acceptors (Lipinski definition) is 5. The molecule has 4 saturated carbocycles. The molecule has 226 valence electrons. The van der Waals surface area contributed by atoms with Crippen LogP contribution in [0.15, 0.2) is 70.7 Å². The lowest BCUT2D eigenvalue weighted by Crippen LogP contribution is -2.54. The number of ether oxygens (including phenoxy) is 2. The number of hydrogen-bond donors (Lipinski definition) is 1. The molecule has 5 aliphatic rings. The zero-order valence-corrected chi connectivity index (χ0v) is 25.9. The number of carbonyl (C=O) groups is 3. The van der Waals surface area contributed by atoms with E-state index in [0.29, 0.717) is 32.8 Å². The summed E-state index contributed by atoms with van der Waals surface area (Å²) in [5.74, 6) is 1.32. The van der Waals surface area contributed by atoms with Gasteiger partial charge in [0.1, 0.15) is 18.0 Å². The van der Waals surface area contributed by atoms with Crippen LogP contribution in [-0.2, 0) is 21.6 Å². The maximum absolute atomic E-state index is 13.7. The van der Waals surface area contributed by atoms with Gasteiger partial charge in [-0.15, -0.1) is 0 Å². The van der Waals surface area contributed by atoms with Gasteiger partial charge in [-0.3, -0.25) is 14.9 Å². The third-order valence-corrected chi connectivity index (χ3v) is 10.4. The molecule has 5 fully saturated rings. The molecule has 0 atom stereocenters. The summed E-state index contributed by atoms with van der Waals surface area (Å²) in [4.78, 5) is 40.5. The van der Waals surface area contributed by atoms with Gasteiger partial charge in [0, 0.05) is 4.47 Å². The van der Waals surface area contributed by atoms with E-state index in [0.717, 1.165) is 22.7 Å². The third kappa shape index (κ3) is 5.21.